The van der Waals surface area contributed by atoms with Gasteiger partial charge in [-0.25, -0.2) is 0 Å². The van der Waals surface area contributed by atoms with Crippen molar-refractivity contribution in [2.24, 2.45) is 0 Å². The highest BCUT2D eigenvalue weighted by Gasteiger charge is 2.22. The summed E-state index contributed by atoms with van der Waals surface area (Å²) in [6.07, 6.45) is 6.24. The molecule has 23 heavy (non-hydrogen) atoms. The van der Waals surface area contributed by atoms with Gasteiger partial charge in [0.05, 0.1) is 6.20 Å². The quantitative estimate of drug-likeness (QED) is 0.799. The Morgan fingerprint density at radius 1 is 1.09 bits per heavy atom. The van der Waals surface area contributed by atoms with Gasteiger partial charge < -0.3 is 10.2 Å². The van der Waals surface area contributed by atoms with Crippen LogP contribution in [0.5, 0.6) is 0 Å². The van der Waals surface area contributed by atoms with Crippen molar-refractivity contribution in [3.8, 4) is 0 Å². The molecule has 2 aromatic heterocycles. The van der Waals surface area contributed by atoms with Gasteiger partial charge in [-0.3, -0.25) is 4.98 Å². The van der Waals surface area contributed by atoms with Crippen molar-refractivity contribution in [2.75, 3.05) is 16.8 Å². The molecule has 114 valence electrons. The average molecular weight is 304 g/mol. The maximum atomic E-state index is 4.59. The van der Waals surface area contributed by atoms with Gasteiger partial charge in [0.1, 0.15) is 0 Å². The summed E-state index contributed by atoms with van der Waals surface area (Å²) in [5.41, 5.74) is 3.59. The standard InChI is InChI=1S/C17H16N6/c1-2-6-15-14(5-1)7-9-23(15)17-21-16(12-20-22-17)19-11-13-4-3-8-18-10-13/h1-6,8,10,12H,7,9,11H2,(H,19,21,22). The lowest BCUT2D eigenvalue weighted by Gasteiger charge is -2.17. The number of hydrogen-bond acceptors (Lipinski definition) is 6. The van der Waals surface area contributed by atoms with E-state index in [-0.39, 0.29) is 0 Å². The number of aromatic nitrogens is 4. The maximum Gasteiger partial charge on any atom is 0.251 e. The SMILES string of the molecule is c1cncc(CNc2cnnc(N3CCc4ccccc43)n2)c1. The molecule has 0 radical (unpaired) electrons. The monoisotopic (exact) mass is 304 g/mol. The fraction of sp³-hybridized carbons (Fsp3) is 0.176. The van der Waals surface area contributed by atoms with E-state index in [1.54, 1.807) is 12.4 Å². The van der Waals surface area contributed by atoms with Crippen LogP contribution in [0.25, 0.3) is 0 Å². The van der Waals surface area contributed by atoms with E-state index >= 15 is 0 Å². The molecule has 3 aromatic rings. The summed E-state index contributed by atoms with van der Waals surface area (Å²) >= 11 is 0. The third kappa shape index (κ3) is 2.83. The number of pyridine rings is 1. The van der Waals surface area contributed by atoms with Gasteiger partial charge in [0.15, 0.2) is 5.82 Å². The largest absolute Gasteiger partial charge is 0.364 e. The summed E-state index contributed by atoms with van der Waals surface area (Å²) in [4.78, 5) is 10.8. The van der Waals surface area contributed by atoms with Crippen LogP contribution in [0.1, 0.15) is 11.1 Å². The molecule has 0 fully saturated rings. The number of nitrogens with one attached hydrogen (secondary N) is 1. The lowest BCUT2D eigenvalue weighted by atomic mass is 10.2. The Labute approximate surface area is 134 Å². The predicted molar refractivity (Wildman–Crippen MR) is 88.5 cm³/mol. The van der Waals surface area contributed by atoms with Gasteiger partial charge in [0.25, 0.3) is 5.95 Å². The number of hydrogen-bond donors (Lipinski definition) is 1. The molecule has 1 N–H and O–H groups in total. The smallest absolute Gasteiger partial charge is 0.251 e. The number of para-hydroxylation sites is 1. The molecule has 0 aliphatic carbocycles. The predicted octanol–water partition coefficient (Wildman–Crippen LogP) is 2.57. The molecule has 0 saturated heterocycles. The third-order valence-electron chi connectivity index (χ3n) is 3.87. The Morgan fingerprint density at radius 3 is 2.96 bits per heavy atom. The van der Waals surface area contributed by atoms with E-state index in [1.807, 2.05) is 24.4 Å². The Balaban J connectivity index is 1.53. The van der Waals surface area contributed by atoms with Gasteiger partial charge in [-0.05, 0) is 29.7 Å². The lowest BCUT2D eigenvalue weighted by Crippen LogP contribution is -2.17. The third-order valence-corrected chi connectivity index (χ3v) is 3.87. The van der Waals surface area contributed by atoms with E-state index in [0.29, 0.717) is 18.3 Å². The summed E-state index contributed by atoms with van der Waals surface area (Å²) in [5, 5.41) is 11.5. The molecule has 0 spiro atoms. The first-order valence-electron chi connectivity index (χ1n) is 7.58. The highest BCUT2D eigenvalue weighted by Crippen LogP contribution is 2.32. The van der Waals surface area contributed by atoms with Crippen molar-refractivity contribution in [1.82, 2.24) is 20.2 Å². The Hall–Kier alpha value is -3.02. The van der Waals surface area contributed by atoms with E-state index in [0.717, 1.165) is 18.5 Å². The average Bonchev–Trinajstić information content (AvgIpc) is 3.05. The molecular formula is C17H16N6. The van der Waals surface area contributed by atoms with Gasteiger partial charge in [0.2, 0.25) is 0 Å². The highest BCUT2D eigenvalue weighted by molar-refractivity contribution is 5.65. The van der Waals surface area contributed by atoms with Crippen molar-refractivity contribution in [3.63, 3.8) is 0 Å². The summed E-state index contributed by atoms with van der Waals surface area (Å²) in [7, 11) is 0. The Morgan fingerprint density at radius 2 is 2.04 bits per heavy atom. The van der Waals surface area contributed by atoms with Crippen molar-refractivity contribution in [2.45, 2.75) is 13.0 Å². The fourth-order valence-corrected chi connectivity index (χ4v) is 2.73. The summed E-state index contributed by atoms with van der Waals surface area (Å²) < 4.78 is 0. The second kappa shape index (κ2) is 6.00. The molecule has 0 bridgehead atoms. The van der Waals surface area contributed by atoms with Crippen LogP contribution >= 0.6 is 0 Å². The molecule has 1 aliphatic rings. The Kier molecular flexibility index (Phi) is 3.56. The normalized spacial score (nSPS) is 13.0. The topological polar surface area (TPSA) is 66.8 Å². The minimum atomic E-state index is 0.631. The first kappa shape index (κ1) is 13.6. The van der Waals surface area contributed by atoms with E-state index in [1.165, 1.54) is 11.3 Å². The van der Waals surface area contributed by atoms with E-state index in [4.69, 9.17) is 0 Å². The van der Waals surface area contributed by atoms with Crippen LogP contribution in [0.2, 0.25) is 0 Å². The summed E-state index contributed by atoms with van der Waals surface area (Å²) in [5.74, 6) is 1.34. The van der Waals surface area contributed by atoms with Crippen molar-refractivity contribution in [1.29, 1.82) is 0 Å². The van der Waals surface area contributed by atoms with Crippen LogP contribution in [0.15, 0.2) is 55.0 Å². The maximum absolute atomic E-state index is 4.59. The minimum Gasteiger partial charge on any atom is -0.364 e. The molecule has 0 saturated carbocycles. The summed E-state index contributed by atoms with van der Waals surface area (Å²) in [6, 6.07) is 12.3. The van der Waals surface area contributed by atoms with Crippen LogP contribution in [-0.2, 0) is 13.0 Å². The van der Waals surface area contributed by atoms with E-state index < -0.39 is 0 Å². The van der Waals surface area contributed by atoms with Crippen LogP contribution in [-0.4, -0.2) is 26.7 Å². The van der Waals surface area contributed by atoms with Crippen molar-refractivity contribution in [3.05, 3.63) is 66.1 Å². The molecule has 1 aromatic carbocycles. The molecule has 3 heterocycles. The molecule has 6 nitrogen and oxygen atoms in total. The molecular weight excluding hydrogens is 288 g/mol. The molecule has 0 amide bonds. The Bertz CT molecular complexity index is 805. The van der Waals surface area contributed by atoms with Gasteiger partial charge >= 0.3 is 0 Å². The highest BCUT2D eigenvalue weighted by atomic mass is 15.3. The van der Waals surface area contributed by atoms with E-state index in [2.05, 4.69) is 48.6 Å². The zero-order chi connectivity index (χ0) is 15.5. The number of rotatable bonds is 4. The zero-order valence-electron chi connectivity index (χ0n) is 12.6. The first-order chi connectivity index (χ1) is 11.4. The summed E-state index contributed by atoms with van der Waals surface area (Å²) in [6.45, 7) is 1.54. The number of benzene rings is 1. The van der Waals surface area contributed by atoms with Crippen LogP contribution < -0.4 is 10.2 Å². The second-order valence-electron chi connectivity index (χ2n) is 5.39. The fourth-order valence-electron chi connectivity index (χ4n) is 2.73. The van der Waals surface area contributed by atoms with Gasteiger partial charge in [-0.2, -0.15) is 10.1 Å². The van der Waals surface area contributed by atoms with Crippen molar-refractivity contribution < 1.29 is 0 Å². The number of fused-ring (bicyclic) bond motifs is 1. The van der Waals surface area contributed by atoms with Crippen molar-refractivity contribution >= 4 is 17.5 Å². The van der Waals surface area contributed by atoms with Crippen LogP contribution in [0.4, 0.5) is 17.5 Å². The molecule has 4 rings (SSSR count). The molecule has 1 aliphatic heterocycles. The molecule has 0 unspecified atom stereocenters. The van der Waals surface area contributed by atoms with E-state index in [9.17, 15) is 0 Å². The van der Waals surface area contributed by atoms with Crippen LogP contribution in [0, 0.1) is 0 Å². The van der Waals surface area contributed by atoms with Gasteiger partial charge in [0, 0.05) is 31.2 Å². The van der Waals surface area contributed by atoms with Crippen LogP contribution in [0.3, 0.4) is 0 Å². The molecule has 6 heteroatoms. The van der Waals surface area contributed by atoms with Gasteiger partial charge in [-0.1, -0.05) is 24.3 Å². The van der Waals surface area contributed by atoms with Gasteiger partial charge in [-0.15, -0.1) is 5.10 Å². The number of nitrogens with zero attached hydrogens (tertiary/aromatic N) is 5. The first-order valence-corrected chi connectivity index (χ1v) is 7.58. The zero-order valence-corrected chi connectivity index (χ0v) is 12.6. The molecule has 0 atom stereocenters. The second-order valence-corrected chi connectivity index (χ2v) is 5.39. The minimum absolute atomic E-state index is 0.631. The lowest BCUT2D eigenvalue weighted by molar-refractivity contribution is 0.881. The number of anilines is 3.